The average molecular weight is 353 g/mol. The van der Waals surface area contributed by atoms with Crippen LogP contribution in [0.5, 0.6) is 0 Å². The van der Waals surface area contributed by atoms with Gasteiger partial charge < -0.3 is 0 Å². The van der Waals surface area contributed by atoms with Crippen molar-refractivity contribution in [3.63, 3.8) is 0 Å². The third kappa shape index (κ3) is 3.83. The molecule has 1 aromatic carbocycles. The molecule has 0 bridgehead atoms. The van der Waals surface area contributed by atoms with Gasteiger partial charge in [-0.15, -0.1) is 10.2 Å². The van der Waals surface area contributed by atoms with Crippen molar-refractivity contribution in [2.24, 2.45) is 0 Å². The quantitative estimate of drug-likeness (QED) is 0.667. The van der Waals surface area contributed by atoms with Gasteiger partial charge in [0.1, 0.15) is 16.6 Å². The molecule has 1 aromatic heterocycles. The predicted octanol–water partition coefficient (Wildman–Crippen LogP) is 3.95. The third-order valence-electron chi connectivity index (χ3n) is 2.64. The molecule has 5 nitrogen and oxygen atoms in total. The Bertz CT molecular complexity index is 759. The summed E-state index contributed by atoms with van der Waals surface area (Å²) in [4.78, 5) is 12.1. The lowest BCUT2D eigenvalue weighted by molar-refractivity contribution is -0.112. The van der Waals surface area contributed by atoms with Crippen LogP contribution >= 0.6 is 34.5 Å². The number of benzene rings is 1. The lowest BCUT2D eigenvalue weighted by Crippen LogP contribution is -2.13. The third-order valence-corrected chi connectivity index (χ3v) is 4.29. The standard InChI is InChI=1S/C14H10Cl2N4OS/c1-2-12-19-20-14(22-12)18-13(21)8(7-17)6-9-10(15)4-3-5-11(9)16/h3-6H,2H2,1H3,(H,18,20,21). The first-order valence-electron chi connectivity index (χ1n) is 6.24. The number of aryl methyl sites for hydroxylation is 1. The van der Waals surface area contributed by atoms with Gasteiger partial charge >= 0.3 is 0 Å². The molecule has 1 heterocycles. The number of nitriles is 1. The number of carbonyl (C=O) groups is 1. The summed E-state index contributed by atoms with van der Waals surface area (Å²) in [6, 6.07) is 6.78. The molecule has 0 atom stereocenters. The molecule has 0 unspecified atom stereocenters. The van der Waals surface area contributed by atoms with E-state index in [1.165, 1.54) is 17.4 Å². The van der Waals surface area contributed by atoms with Crippen molar-refractivity contribution >= 4 is 51.7 Å². The van der Waals surface area contributed by atoms with Crippen LogP contribution in [0.15, 0.2) is 23.8 Å². The van der Waals surface area contributed by atoms with Gasteiger partial charge in [-0.2, -0.15) is 5.26 Å². The Hall–Kier alpha value is -1.94. The number of amides is 1. The van der Waals surface area contributed by atoms with E-state index in [1.54, 1.807) is 18.2 Å². The number of aromatic nitrogens is 2. The van der Waals surface area contributed by atoms with Gasteiger partial charge in [0.05, 0.1) is 0 Å². The number of halogens is 2. The number of carbonyl (C=O) groups excluding carboxylic acids is 1. The fraction of sp³-hybridized carbons (Fsp3) is 0.143. The van der Waals surface area contributed by atoms with Gasteiger partial charge in [-0.1, -0.05) is 47.5 Å². The Morgan fingerprint density at radius 1 is 1.41 bits per heavy atom. The highest BCUT2D eigenvalue weighted by Crippen LogP contribution is 2.27. The molecule has 0 aliphatic carbocycles. The zero-order chi connectivity index (χ0) is 16.1. The summed E-state index contributed by atoms with van der Waals surface area (Å²) in [6.07, 6.45) is 2.07. The number of anilines is 1. The van der Waals surface area contributed by atoms with Crippen LogP contribution in [0.1, 0.15) is 17.5 Å². The van der Waals surface area contributed by atoms with Crippen molar-refractivity contribution < 1.29 is 4.79 Å². The Labute approximate surface area is 141 Å². The zero-order valence-corrected chi connectivity index (χ0v) is 13.8. The van der Waals surface area contributed by atoms with Gasteiger partial charge in [-0.05, 0) is 24.6 Å². The second-order valence-corrected chi connectivity index (χ2v) is 5.99. The molecule has 0 radical (unpaired) electrons. The van der Waals surface area contributed by atoms with Crippen molar-refractivity contribution in [1.29, 1.82) is 5.26 Å². The molecule has 22 heavy (non-hydrogen) atoms. The van der Waals surface area contributed by atoms with E-state index in [4.69, 9.17) is 23.2 Å². The van der Waals surface area contributed by atoms with E-state index in [0.717, 1.165) is 11.4 Å². The van der Waals surface area contributed by atoms with Crippen LogP contribution in [0.25, 0.3) is 6.08 Å². The van der Waals surface area contributed by atoms with Crippen LogP contribution in [0.3, 0.4) is 0 Å². The molecule has 2 aromatic rings. The van der Waals surface area contributed by atoms with E-state index in [0.29, 0.717) is 20.7 Å². The van der Waals surface area contributed by atoms with Crippen LogP contribution in [-0.2, 0) is 11.2 Å². The Morgan fingerprint density at radius 2 is 2.09 bits per heavy atom. The Balaban J connectivity index is 2.26. The molecule has 1 amide bonds. The number of nitrogens with zero attached hydrogens (tertiary/aromatic N) is 3. The highest BCUT2D eigenvalue weighted by atomic mass is 35.5. The van der Waals surface area contributed by atoms with Crippen molar-refractivity contribution in [3.8, 4) is 6.07 Å². The second kappa shape index (κ2) is 7.36. The van der Waals surface area contributed by atoms with E-state index in [9.17, 15) is 10.1 Å². The molecule has 0 saturated heterocycles. The molecular formula is C14H10Cl2N4OS. The maximum atomic E-state index is 12.1. The van der Waals surface area contributed by atoms with Crippen LogP contribution in [0, 0.1) is 11.3 Å². The monoisotopic (exact) mass is 352 g/mol. The van der Waals surface area contributed by atoms with Crippen molar-refractivity contribution in [3.05, 3.63) is 44.4 Å². The van der Waals surface area contributed by atoms with Crippen LogP contribution in [0.4, 0.5) is 5.13 Å². The van der Waals surface area contributed by atoms with Gasteiger partial charge in [0.2, 0.25) is 5.13 Å². The van der Waals surface area contributed by atoms with E-state index in [1.807, 2.05) is 13.0 Å². The highest BCUT2D eigenvalue weighted by molar-refractivity contribution is 7.15. The van der Waals surface area contributed by atoms with E-state index >= 15 is 0 Å². The largest absolute Gasteiger partial charge is 0.296 e. The van der Waals surface area contributed by atoms with Crippen molar-refractivity contribution in [2.45, 2.75) is 13.3 Å². The molecule has 1 N–H and O–H groups in total. The normalized spacial score (nSPS) is 11.1. The van der Waals surface area contributed by atoms with Crippen LogP contribution in [-0.4, -0.2) is 16.1 Å². The van der Waals surface area contributed by atoms with Crippen LogP contribution in [0.2, 0.25) is 10.0 Å². The summed E-state index contributed by atoms with van der Waals surface area (Å²) in [5.74, 6) is -0.586. The molecule has 0 spiro atoms. The van der Waals surface area contributed by atoms with E-state index in [-0.39, 0.29) is 5.57 Å². The summed E-state index contributed by atoms with van der Waals surface area (Å²) >= 11 is 13.3. The predicted molar refractivity (Wildman–Crippen MR) is 88.0 cm³/mol. The Kier molecular flexibility index (Phi) is 5.50. The number of nitrogens with one attached hydrogen (secondary N) is 1. The lowest BCUT2D eigenvalue weighted by atomic mass is 10.1. The average Bonchev–Trinajstić information content (AvgIpc) is 2.94. The molecule has 0 fully saturated rings. The molecular weight excluding hydrogens is 343 g/mol. The van der Waals surface area contributed by atoms with Gasteiger partial charge in [-0.3, -0.25) is 10.1 Å². The molecule has 2 rings (SSSR count). The number of hydrogen-bond acceptors (Lipinski definition) is 5. The SMILES string of the molecule is CCc1nnc(NC(=O)C(C#N)=Cc2c(Cl)cccc2Cl)s1. The fourth-order valence-electron chi connectivity index (χ4n) is 1.55. The van der Waals surface area contributed by atoms with Gasteiger partial charge in [-0.25, -0.2) is 0 Å². The van der Waals surface area contributed by atoms with Gasteiger partial charge in [0.25, 0.3) is 5.91 Å². The molecule has 112 valence electrons. The van der Waals surface area contributed by atoms with E-state index in [2.05, 4.69) is 15.5 Å². The summed E-state index contributed by atoms with van der Waals surface area (Å²) < 4.78 is 0. The van der Waals surface area contributed by atoms with Crippen molar-refractivity contribution in [1.82, 2.24) is 10.2 Å². The van der Waals surface area contributed by atoms with Gasteiger partial charge in [0, 0.05) is 15.6 Å². The second-order valence-electron chi connectivity index (χ2n) is 4.11. The van der Waals surface area contributed by atoms with Gasteiger partial charge in [0.15, 0.2) is 0 Å². The maximum absolute atomic E-state index is 12.1. The number of rotatable bonds is 4. The Morgan fingerprint density at radius 3 is 2.64 bits per heavy atom. The minimum Gasteiger partial charge on any atom is -0.296 e. The summed E-state index contributed by atoms with van der Waals surface area (Å²) in [5, 5.41) is 21.3. The molecule has 0 aliphatic rings. The topological polar surface area (TPSA) is 78.7 Å². The highest BCUT2D eigenvalue weighted by Gasteiger charge is 2.14. The molecule has 0 saturated carbocycles. The summed E-state index contributed by atoms with van der Waals surface area (Å²) in [7, 11) is 0. The lowest BCUT2D eigenvalue weighted by Gasteiger charge is -2.03. The first kappa shape index (κ1) is 16.4. The smallest absolute Gasteiger partial charge is 0.268 e. The summed E-state index contributed by atoms with van der Waals surface area (Å²) in [5.41, 5.74) is 0.298. The molecule has 8 heteroatoms. The first-order chi connectivity index (χ1) is 10.5. The maximum Gasteiger partial charge on any atom is 0.268 e. The van der Waals surface area contributed by atoms with Crippen LogP contribution < -0.4 is 5.32 Å². The summed E-state index contributed by atoms with van der Waals surface area (Å²) in [6.45, 7) is 1.94. The fourth-order valence-corrected chi connectivity index (χ4v) is 2.73. The molecule has 0 aliphatic heterocycles. The first-order valence-corrected chi connectivity index (χ1v) is 7.82. The van der Waals surface area contributed by atoms with Crippen molar-refractivity contribution in [2.75, 3.05) is 5.32 Å². The number of hydrogen-bond donors (Lipinski definition) is 1. The minimum absolute atomic E-state index is 0.122. The zero-order valence-electron chi connectivity index (χ0n) is 11.4. The van der Waals surface area contributed by atoms with E-state index < -0.39 is 5.91 Å². The minimum atomic E-state index is -0.586.